The van der Waals surface area contributed by atoms with E-state index < -0.39 is 0 Å². The third-order valence-corrected chi connectivity index (χ3v) is 7.39. The molecule has 1 aliphatic rings. The standard InChI is InChI=1S/C23H23NOS2/c1-2-3-12-24-21-7-5-4-6-19(21)20-15-17(9-11-22(20)24)8-10-18(25)16-23-26-13-14-27-23/h4-11,15-16H,2-3,12-14H2,1H3/b10-8+. The van der Waals surface area contributed by atoms with Crippen molar-refractivity contribution in [3.05, 3.63) is 64.4 Å². The Morgan fingerprint density at radius 3 is 2.67 bits per heavy atom. The number of thioether (sulfide) groups is 2. The Bertz CT molecular complexity index is 1040. The quantitative estimate of drug-likeness (QED) is 0.446. The molecule has 1 aromatic heterocycles. The largest absolute Gasteiger partial charge is 0.340 e. The van der Waals surface area contributed by atoms with Crippen LogP contribution in [0.15, 0.2) is 58.9 Å². The number of fused-ring (bicyclic) bond motifs is 3. The fourth-order valence-corrected chi connectivity index (χ4v) is 5.79. The van der Waals surface area contributed by atoms with Crippen LogP contribution in [0.4, 0.5) is 0 Å². The maximum absolute atomic E-state index is 12.2. The number of benzene rings is 2. The van der Waals surface area contributed by atoms with Gasteiger partial charge in [0.25, 0.3) is 0 Å². The number of ketones is 1. The van der Waals surface area contributed by atoms with Crippen LogP contribution in [-0.4, -0.2) is 21.9 Å². The van der Waals surface area contributed by atoms with Crippen molar-refractivity contribution in [2.75, 3.05) is 11.5 Å². The van der Waals surface area contributed by atoms with E-state index in [1.165, 1.54) is 34.6 Å². The van der Waals surface area contributed by atoms with Crippen LogP contribution in [-0.2, 0) is 11.3 Å². The van der Waals surface area contributed by atoms with E-state index in [2.05, 4.69) is 54.0 Å². The van der Waals surface area contributed by atoms with Gasteiger partial charge in [0.2, 0.25) is 0 Å². The first-order valence-electron chi connectivity index (χ1n) is 9.46. The number of rotatable bonds is 6. The van der Waals surface area contributed by atoms with Crippen molar-refractivity contribution in [1.29, 1.82) is 0 Å². The van der Waals surface area contributed by atoms with Gasteiger partial charge in [-0.05, 0) is 36.3 Å². The van der Waals surface area contributed by atoms with Gasteiger partial charge in [0.1, 0.15) is 0 Å². The molecule has 1 aliphatic heterocycles. The Kier molecular flexibility index (Phi) is 5.74. The van der Waals surface area contributed by atoms with Gasteiger partial charge in [0.15, 0.2) is 5.78 Å². The molecule has 0 N–H and O–H groups in total. The molecular formula is C23H23NOS2. The number of allylic oxidation sites excluding steroid dienone is 2. The average Bonchev–Trinajstić information content (AvgIpc) is 3.30. The molecule has 3 aromatic rings. The second-order valence-corrected chi connectivity index (χ2v) is 9.23. The van der Waals surface area contributed by atoms with Gasteiger partial charge in [-0.3, -0.25) is 4.79 Å². The highest BCUT2D eigenvalue weighted by molar-refractivity contribution is 8.25. The van der Waals surface area contributed by atoms with E-state index >= 15 is 0 Å². The third kappa shape index (κ3) is 4.02. The molecule has 0 aliphatic carbocycles. The van der Waals surface area contributed by atoms with Crippen molar-refractivity contribution in [2.45, 2.75) is 26.3 Å². The number of hydrogen-bond donors (Lipinski definition) is 0. The lowest BCUT2D eigenvalue weighted by atomic mass is 10.1. The van der Waals surface area contributed by atoms with Gasteiger partial charge >= 0.3 is 0 Å². The zero-order valence-corrected chi connectivity index (χ0v) is 17.1. The molecule has 0 atom stereocenters. The van der Waals surface area contributed by atoms with E-state index in [0.29, 0.717) is 0 Å². The number of carbonyl (C=O) groups is 1. The Morgan fingerprint density at radius 1 is 1.07 bits per heavy atom. The van der Waals surface area contributed by atoms with E-state index in [0.717, 1.165) is 27.9 Å². The molecule has 0 unspecified atom stereocenters. The SMILES string of the molecule is CCCCn1c2ccccc2c2cc(/C=C/C(=O)C=C3SCCS3)ccc21. The molecule has 0 radical (unpaired) electrons. The first-order chi connectivity index (χ1) is 13.3. The van der Waals surface area contributed by atoms with E-state index in [4.69, 9.17) is 0 Å². The molecule has 0 saturated carbocycles. The zero-order valence-electron chi connectivity index (χ0n) is 15.5. The number of aryl methyl sites for hydroxylation is 1. The number of carbonyl (C=O) groups excluding carboxylic acids is 1. The Hall–Kier alpha value is -1.91. The first-order valence-corrected chi connectivity index (χ1v) is 11.4. The van der Waals surface area contributed by atoms with Crippen molar-refractivity contribution < 1.29 is 4.79 Å². The molecule has 0 bridgehead atoms. The lowest BCUT2D eigenvalue weighted by Crippen LogP contribution is -1.96. The van der Waals surface area contributed by atoms with Crippen molar-refractivity contribution >= 4 is 57.2 Å². The summed E-state index contributed by atoms with van der Waals surface area (Å²) in [6, 6.07) is 15.1. The summed E-state index contributed by atoms with van der Waals surface area (Å²) in [4.78, 5) is 12.2. The van der Waals surface area contributed by atoms with Gasteiger partial charge in [0.05, 0.1) is 0 Å². The number of unbranched alkanes of at least 4 members (excludes halogenated alkanes) is 1. The van der Waals surface area contributed by atoms with Crippen LogP contribution in [0.2, 0.25) is 0 Å². The summed E-state index contributed by atoms with van der Waals surface area (Å²) in [5.41, 5.74) is 3.63. The molecule has 4 heteroatoms. The number of hydrogen-bond acceptors (Lipinski definition) is 3. The van der Waals surface area contributed by atoms with E-state index in [-0.39, 0.29) is 5.78 Å². The summed E-state index contributed by atoms with van der Waals surface area (Å²) in [5, 5.41) is 2.54. The molecular weight excluding hydrogens is 370 g/mol. The predicted octanol–water partition coefficient (Wildman–Crippen LogP) is 6.50. The molecule has 2 heterocycles. The highest BCUT2D eigenvalue weighted by atomic mass is 32.2. The van der Waals surface area contributed by atoms with Gasteiger partial charge in [-0.1, -0.05) is 43.7 Å². The summed E-state index contributed by atoms with van der Waals surface area (Å²) in [6.45, 7) is 3.27. The maximum Gasteiger partial charge on any atom is 0.180 e. The summed E-state index contributed by atoms with van der Waals surface area (Å²) >= 11 is 3.54. The average molecular weight is 394 g/mol. The second-order valence-electron chi connectivity index (χ2n) is 6.69. The van der Waals surface area contributed by atoms with Gasteiger partial charge < -0.3 is 4.57 Å². The fourth-order valence-electron chi connectivity index (χ4n) is 3.48. The van der Waals surface area contributed by atoms with Gasteiger partial charge in [0, 0.05) is 50.2 Å². The molecule has 0 amide bonds. The van der Waals surface area contributed by atoms with Crippen molar-refractivity contribution in [3.63, 3.8) is 0 Å². The minimum atomic E-state index is 0.0670. The topological polar surface area (TPSA) is 22.0 Å². The summed E-state index contributed by atoms with van der Waals surface area (Å²) < 4.78 is 3.56. The molecule has 2 nitrogen and oxygen atoms in total. The van der Waals surface area contributed by atoms with Gasteiger partial charge in [-0.15, -0.1) is 23.5 Å². The zero-order chi connectivity index (χ0) is 18.6. The Labute approximate surface area is 168 Å². The lowest BCUT2D eigenvalue weighted by Gasteiger charge is -2.06. The van der Waals surface area contributed by atoms with E-state index in [1.54, 1.807) is 35.7 Å². The Morgan fingerprint density at radius 2 is 1.85 bits per heavy atom. The van der Waals surface area contributed by atoms with Crippen LogP contribution >= 0.6 is 23.5 Å². The number of aromatic nitrogens is 1. The molecule has 1 saturated heterocycles. The minimum Gasteiger partial charge on any atom is -0.340 e. The van der Waals surface area contributed by atoms with Crippen LogP contribution < -0.4 is 0 Å². The minimum absolute atomic E-state index is 0.0670. The van der Waals surface area contributed by atoms with Crippen LogP contribution in [0.5, 0.6) is 0 Å². The summed E-state index contributed by atoms with van der Waals surface area (Å²) in [7, 11) is 0. The normalized spacial score (nSPS) is 14.6. The van der Waals surface area contributed by atoms with Crippen molar-refractivity contribution in [2.24, 2.45) is 0 Å². The monoisotopic (exact) mass is 393 g/mol. The third-order valence-electron chi connectivity index (χ3n) is 4.80. The highest BCUT2D eigenvalue weighted by Crippen LogP contribution is 2.36. The fraction of sp³-hybridized carbons (Fsp3) is 0.261. The van der Waals surface area contributed by atoms with Crippen LogP contribution in [0.3, 0.4) is 0 Å². The molecule has 138 valence electrons. The van der Waals surface area contributed by atoms with Crippen LogP contribution in [0.25, 0.3) is 27.9 Å². The molecule has 4 rings (SSSR count). The molecule has 27 heavy (non-hydrogen) atoms. The van der Waals surface area contributed by atoms with Crippen LogP contribution in [0, 0.1) is 0 Å². The Balaban J connectivity index is 1.67. The highest BCUT2D eigenvalue weighted by Gasteiger charge is 2.11. The van der Waals surface area contributed by atoms with Gasteiger partial charge in [-0.25, -0.2) is 0 Å². The van der Waals surface area contributed by atoms with Crippen LogP contribution in [0.1, 0.15) is 25.3 Å². The van der Waals surface area contributed by atoms with Gasteiger partial charge in [-0.2, -0.15) is 0 Å². The maximum atomic E-state index is 12.2. The molecule has 1 fully saturated rings. The lowest BCUT2D eigenvalue weighted by molar-refractivity contribution is -0.110. The number of nitrogens with zero attached hydrogens (tertiary/aromatic N) is 1. The second kappa shape index (κ2) is 8.41. The van der Waals surface area contributed by atoms with Crippen molar-refractivity contribution in [3.8, 4) is 0 Å². The van der Waals surface area contributed by atoms with E-state index in [9.17, 15) is 4.79 Å². The number of para-hydroxylation sites is 1. The summed E-state index contributed by atoms with van der Waals surface area (Å²) in [6.07, 6.45) is 7.73. The summed E-state index contributed by atoms with van der Waals surface area (Å²) in [5.74, 6) is 2.27. The molecule has 0 spiro atoms. The van der Waals surface area contributed by atoms with E-state index in [1.807, 2.05) is 6.08 Å². The van der Waals surface area contributed by atoms with Crippen molar-refractivity contribution in [1.82, 2.24) is 4.57 Å². The first kappa shape index (κ1) is 18.5. The predicted molar refractivity (Wildman–Crippen MR) is 121 cm³/mol. The molecule has 2 aromatic carbocycles. The smallest absolute Gasteiger partial charge is 0.180 e.